The molecule has 1 aromatic rings. The minimum Gasteiger partial charge on any atom is -0.390 e. The summed E-state index contributed by atoms with van der Waals surface area (Å²) in [7, 11) is 0. The topological polar surface area (TPSA) is 71.0 Å². The predicted molar refractivity (Wildman–Crippen MR) is 144 cm³/mol. The van der Waals surface area contributed by atoms with E-state index in [4.69, 9.17) is 9.47 Å². The normalized spacial score (nSPS) is 36.6. The first-order valence-corrected chi connectivity index (χ1v) is 13.8. The van der Waals surface area contributed by atoms with Gasteiger partial charge in [-0.05, 0) is 72.3 Å². The van der Waals surface area contributed by atoms with E-state index in [9.17, 15) is 10.2 Å². The van der Waals surface area contributed by atoms with Gasteiger partial charge in [0.2, 0.25) is 0 Å². The molecule has 0 aromatic heterocycles. The van der Waals surface area contributed by atoms with E-state index in [1.807, 2.05) is 18.2 Å². The number of rotatable bonds is 6. The lowest BCUT2D eigenvalue weighted by molar-refractivity contribution is -0.245. The van der Waals surface area contributed by atoms with E-state index in [1.54, 1.807) is 11.1 Å². The van der Waals surface area contributed by atoms with Crippen molar-refractivity contribution in [1.82, 2.24) is 0 Å². The largest absolute Gasteiger partial charge is 0.390 e. The second kappa shape index (κ2) is 10.1. The van der Waals surface area contributed by atoms with Crippen molar-refractivity contribution in [1.29, 1.82) is 0 Å². The van der Waals surface area contributed by atoms with Crippen molar-refractivity contribution in [2.24, 2.45) is 16.7 Å². The van der Waals surface area contributed by atoms with Crippen LogP contribution in [-0.2, 0) is 9.47 Å². The fourth-order valence-electron chi connectivity index (χ4n) is 6.79. The number of anilines is 1. The number of hydrogen-bond donors (Lipinski definition) is 3. The van der Waals surface area contributed by atoms with Crippen LogP contribution in [0.3, 0.4) is 0 Å². The van der Waals surface area contributed by atoms with E-state index in [0.717, 1.165) is 31.5 Å². The number of allylic oxidation sites excluding steroid dienone is 4. The molecule has 1 saturated heterocycles. The SMILES string of the molecule is CC(C)C1=C2C3=CC=C(CNc4ccccc4)CC(OC4CC(O)[C@H](O)CO4)[C@]3(C)CCC2(C)CC1. The van der Waals surface area contributed by atoms with Crippen LogP contribution >= 0.6 is 0 Å². The summed E-state index contributed by atoms with van der Waals surface area (Å²) in [4.78, 5) is 0. The molecule has 2 fully saturated rings. The Balaban J connectivity index is 1.49. The maximum Gasteiger partial charge on any atom is 0.160 e. The fraction of sp³-hybridized carbons (Fsp3) is 0.613. The van der Waals surface area contributed by atoms with Crippen molar-refractivity contribution in [2.75, 3.05) is 18.5 Å². The molecular formula is C31H43NO4. The van der Waals surface area contributed by atoms with Crippen molar-refractivity contribution in [3.63, 3.8) is 0 Å². The van der Waals surface area contributed by atoms with Crippen LogP contribution in [-0.4, -0.2) is 48.0 Å². The van der Waals surface area contributed by atoms with Crippen molar-refractivity contribution >= 4 is 5.69 Å². The molecule has 36 heavy (non-hydrogen) atoms. The Labute approximate surface area is 216 Å². The lowest BCUT2D eigenvalue weighted by atomic mass is 9.57. The highest BCUT2D eigenvalue weighted by Crippen LogP contribution is 2.62. The lowest BCUT2D eigenvalue weighted by Gasteiger charge is -2.50. The first kappa shape index (κ1) is 25.7. The van der Waals surface area contributed by atoms with E-state index < -0.39 is 18.5 Å². The maximum absolute atomic E-state index is 10.3. The Bertz CT molecular complexity index is 1040. The number of benzene rings is 1. The molecule has 5 heteroatoms. The summed E-state index contributed by atoms with van der Waals surface area (Å²) >= 11 is 0. The Kier molecular flexibility index (Phi) is 7.21. The van der Waals surface area contributed by atoms with Crippen molar-refractivity contribution in [2.45, 2.75) is 90.8 Å². The molecule has 3 aliphatic carbocycles. The van der Waals surface area contributed by atoms with Gasteiger partial charge < -0.3 is 25.0 Å². The predicted octanol–water partition coefficient (Wildman–Crippen LogP) is 5.76. The van der Waals surface area contributed by atoms with E-state index in [0.29, 0.717) is 12.3 Å². The Hall–Kier alpha value is -1.92. The minimum atomic E-state index is -0.844. The van der Waals surface area contributed by atoms with Gasteiger partial charge in [0, 0.05) is 24.1 Å². The molecule has 6 atom stereocenters. The lowest BCUT2D eigenvalue weighted by Crippen LogP contribution is -2.48. The molecule has 0 spiro atoms. The van der Waals surface area contributed by atoms with Gasteiger partial charge in [-0.2, -0.15) is 0 Å². The van der Waals surface area contributed by atoms with Crippen LogP contribution in [0.1, 0.15) is 66.2 Å². The second-order valence-electron chi connectivity index (χ2n) is 12.1. The van der Waals surface area contributed by atoms with E-state index in [1.165, 1.54) is 24.0 Å². The summed E-state index contributed by atoms with van der Waals surface area (Å²) in [6.45, 7) is 10.4. The number of fused-ring (bicyclic) bond motifs is 3. The molecule has 5 nitrogen and oxygen atoms in total. The van der Waals surface area contributed by atoms with E-state index in [2.05, 4.69) is 57.3 Å². The van der Waals surface area contributed by atoms with E-state index >= 15 is 0 Å². The second-order valence-corrected chi connectivity index (χ2v) is 12.1. The number of aliphatic hydroxyl groups excluding tert-OH is 2. The number of para-hydroxylation sites is 1. The third-order valence-corrected chi connectivity index (χ3v) is 9.23. The third kappa shape index (κ3) is 4.83. The number of nitrogens with one attached hydrogen (secondary N) is 1. The molecule has 4 aliphatic rings. The average molecular weight is 494 g/mol. The molecular weight excluding hydrogens is 450 g/mol. The zero-order valence-corrected chi connectivity index (χ0v) is 22.3. The molecule has 0 amide bonds. The van der Waals surface area contributed by atoms with Crippen LogP contribution in [0.15, 0.2) is 64.8 Å². The molecule has 5 rings (SSSR count). The van der Waals surface area contributed by atoms with Gasteiger partial charge in [0.05, 0.1) is 18.8 Å². The monoisotopic (exact) mass is 493 g/mol. The van der Waals surface area contributed by atoms with Crippen molar-refractivity contribution < 1.29 is 19.7 Å². The highest BCUT2D eigenvalue weighted by Gasteiger charge is 2.53. The molecule has 1 aromatic carbocycles. The van der Waals surface area contributed by atoms with Crippen molar-refractivity contribution in [3.8, 4) is 0 Å². The smallest absolute Gasteiger partial charge is 0.160 e. The molecule has 1 aliphatic heterocycles. The van der Waals surface area contributed by atoms with Crippen molar-refractivity contribution in [3.05, 3.63) is 64.8 Å². The third-order valence-electron chi connectivity index (χ3n) is 9.23. The summed E-state index contributed by atoms with van der Waals surface area (Å²) in [5.41, 5.74) is 7.13. The highest BCUT2D eigenvalue weighted by atomic mass is 16.7. The molecule has 1 heterocycles. The first-order chi connectivity index (χ1) is 17.2. The Morgan fingerprint density at radius 2 is 1.83 bits per heavy atom. The quantitative estimate of drug-likeness (QED) is 0.470. The molecule has 0 radical (unpaired) electrons. The molecule has 196 valence electrons. The molecule has 0 bridgehead atoms. The molecule has 3 N–H and O–H groups in total. The highest BCUT2D eigenvalue weighted by molar-refractivity contribution is 5.53. The van der Waals surface area contributed by atoms with Gasteiger partial charge in [0.15, 0.2) is 6.29 Å². The van der Waals surface area contributed by atoms with Crippen LogP contribution in [0.25, 0.3) is 0 Å². The summed E-state index contributed by atoms with van der Waals surface area (Å²) in [6, 6.07) is 10.3. The van der Waals surface area contributed by atoms with Gasteiger partial charge in [-0.15, -0.1) is 0 Å². The average Bonchev–Trinajstić information content (AvgIpc) is 3.15. The van der Waals surface area contributed by atoms with Crippen LogP contribution in [0.2, 0.25) is 0 Å². The van der Waals surface area contributed by atoms with Crippen LogP contribution in [0, 0.1) is 16.7 Å². The zero-order chi connectivity index (χ0) is 25.5. The minimum absolute atomic E-state index is 0.0754. The zero-order valence-electron chi connectivity index (χ0n) is 22.3. The Morgan fingerprint density at radius 1 is 1.06 bits per heavy atom. The number of ether oxygens (including phenoxy) is 2. The van der Waals surface area contributed by atoms with Gasteiger partial charge in [-0.1, -0.05) is 63.6 Å². The molecule has 4 unspecified atom stereocenters. The van der Waals surface area contributed by atoms with Gasteiger partial charge in [-0.3, -0.25) is 0 Å². The van der Waals surface area contributed by atoms with Crippen LogP contribution < -0.4 is 5.32 Å². The summed E-state index contributed by atoms with van der Waals surface area (Å²) in [5, 5.41) is 23.8. The maximum atomic E-state index is 10.3. The summed E-state index contributed by atoms with van der Waals surface area (Å²) in [6.07, 6.45) is 8.22. The van der Waals surface area contributed by atoms with Gasteiger partial charge in [-0.25, -0.2) is 0 Å². The van der Waals surface area contributed by atoms with Gasteiger partial charge in [0.25, 0.3) is 0 Å². The van der Waals surface area contributed by atoms with Crippen LogP contribution in [0.4, 0.5) is 5.69 Å². The van der Waals surface area contributed by atoms with Gasteiger partial charge >= 0.3 is 0 Å². The standard InChI is InChI=1S/C31H43NO4/c1-20(2)23-12-13-30(3)14-15-31(4)24(29(23)30)11-10-21(18-32-22-8-6-5-7-9-22)16-27(31)36-28-17-25(33)26(34)19-35-28/h5-11,20,25-28,32-34H,12-19H2,1-4H3/t25?,26-,27?,28?,30?,31-/m1/s1. The van der Waals surface area contributed by atoms with Gasteiger partial charge in [0.1, 0.15) is 6.10 Å². The summed E-state index contributed by atoms with van der Waals surface area (Å²) in [5.74, 6) is 0.536. The first-order valence-electron chi connectivity index (χ1n) is 13.8. The Morgan fingerprint density at radius 3 is 2.56 bits per heavy atom. The van der Waals surface area contributed by atoms with Crippen LogP contribution in [0.5, 0.6) is 0 Å². The molecule has 1 saturated carbocycles. The van der Waals surface area contributed by atoms with E-state index in [-0.39, 0.29) is 23.5 Å². The number of hydrogen-bond acceptors (Lipinski definition) is 5. The fourth-order valence-corrected chi connectivity index (χ4v) is 6.79. The summed E-state index contributed by atoms with van der Waals surface area (Å²) < 4.78 is 12.6. The number of aliphatic hydroxyl groups is 2.